The lowest BCUT2D eigenvalue weighted by molar-refractivity contribution is 0.580. The molecule has 2 aromatic carbocycles. The van der Waals surface area contributed by atoms with Gasteiger partial charge in [0.2, 0.25) is 0 Å². The first-order chi connectivity index (χ1) is 13.9. The predicted octanol–water partition coefficient (Wildman–Crippen LogP) is 3.97. The molecule has 2 aromatic heterocycles. The van der Waals surface area contributed by atoms with Crippen molar-refractivity contribution in [3.63, 3.8) is 0 Å². The van der Waals surface area contributed by atoms with E-state index in [-0.39, 0.29) is 0 Å². The third kappa shape index (κ3) is 4.75. The van der Waals surface area contributed by atoms with Crippen molar-refractivity contribution in [3.05, 3.63) is 96.7 Å². The molecule has 0 spiro atoms. The van der Waals surface area contributed by atoms with Crippen LogP contribution in [0.1, 0.15) is 17.5 Å². The largest absolute Gasteiger partial charge is 0.337 e. The summed E-state index contributed by atoms with van der Waals surface area (Å²) in [5, 5.41) is 8.44. The van der Waals surface area contributed by atoms with Crippen molar-refractivity contribution in [2.45, 2.75) is 26.1 Å². The normalized spacial score (nSPS) is 11.0. The van der Waals surface area contributed by atoms with Crippen molar-refractivity contribution in [1.82, 2.24) is 24.6 Å². The van der Waals surface area contributed by atoms with Crippen LogP contribution in [-0.2, 0) is 19.6 Å². The van der Waals surface area contributed by atoms with E-state index in [1.807, 2.05) is 35.5 Å². The molecule has 0 atom stereocenters. The zero-order chi connectivity index (χ0) is 19.0. The van der Waals surface area contributed by atoms with E-state index in [9.17, 15) is 0 Å². The summed E-state index contributed by atoms with van der Waals surface area (Å²) < 4.78 is 4.15. The van der Waals surface area contributed by atoms with E-state index in [1.165, 1.54) is 11.1 Å². The number of hydrogen-bond acceptors (Lipinski definition) is 3. The van der Waals surface area contributed by atoms with E-state index in [2.05, 4.69) is 69.6 Å². The van der Waals surface area contributed by atoms with Crippen LogP contribution < -0.4 is 5.32 Å². The number of benzene rings is 2. The molecule has 0 aliphatic carbocycles. The Balaban J connectivity index is 1.43. The zero-order valence-corrected chi connectivity index (χ0v) is 15.9. The molecule has 0 bridgehead atoms. The average Bonchev–Trinajstić information content (AvgIpc) is 3.39. The summed E-state index contributed by atoms with van der Waals surface area (Å²) in [4.78, 5) is 4.08. The molecular weight excluding hydrogens is 346 g/mol. The summed E-state index contributed by atoms with van der Waals surface area (Å²) in [5.41, 5.74) is 4.69. The molecule has 28 heavy (non-hydrogen) atoms. The van der Waals surface area contributed by atoms with Crippen LogP contribution in [-0.4, -0.2) is 25.9 Å². The fraction of sp³-hybridized carbons (Fsp3) is 0.217. The monoisotopic (exact) mass is 371 g/mol. The molecule has 1 N–H and O–H groups in total. The van der Waals surface area contributed by atoms with Gasteiger partial charge in [-0.3, -0.25) is 4.68 Å². The number of nitrogens with one attached hydrogen (secondary N) is 1. The molecule has 0 amide bonds. The van der Waals surface area contributed by atoms with Crippen molar-refractivity contribution in [2.24, 2.45) is 0 Å². The molecule has 0 aliphatic heterocycles. The first-order valence-corrected chi connectivity index (χ1v) is 9.70. The molecule has 5 nitrogen and oxygen atoms in total. The minimum absolute atomic E-state index is 0.779. The first-order valence-electron chi connectivity index (χ1n) is 9.70. The van der Waals surface area contributed by atoms with Crippen molar-refractivity contribution < 1.29 is 0 Å². The Labute approximate surface area is 165 Å². The van der Waals surface area contributed by atoms with E-state index in [0.29, 0.717) is 0 Å². The number of nitrogens with zero attached hydrogens (tertiary/aromatic N) is 4. The molecule has 4 aromatic rings. The summed E-state index contributed by atoms with van der Waals surface area (Å²) in [7, 11) is 0. The number of hydrogen-bond donors (Lipinski definition) is 1. The Kier molecular flexibility index (Phi) is 5.95. The van der Waals surface area contributed by atoms with Crippen LogP contribution in [0.15, 0.2) is 85.6 Å². The molecular formula is C23H25N5. The fourth-order valence-electron chi connectivity index (χ4n) is 3.31. The van der Waals surface area contributed by atoms with Crippen molar-refractivity contribution in [3.8, 4) is 11.3 Å². The Bertz CT molecular complexity index is 959. The highest BCUT2D eigenvalue weighted by Crippen LogP contribution is 2.22. The summed E-state index contributed by atoms with van der Waals surface area (Å²) in [6, 6.07) is 20.9. The Morgan fingerprint density at radius 1 is 0.929 bits per heavy atom. The van der Waals surface area contributed by atoms with Crippen LogP contribution in [0.4, 0.5) is 0 Å². The second kappa shape index (κ2) is 9.15. The van der Waals surface area contributed by atoms with Gasteiger partial charge >= 0.3 is 0 Å². The predicted molar refractivity (Wildman–Crippen MR) is 112 cm³/mol. The van der Waals surface area contributed by atoms with E-state index < -0.39 is 0 Å². The summed E-state index contributed by atoms with van der Waals surface area (Å²) in [6.45, 7) is 3.52. The van der Waals surface area contributed by atoms with Crippen LogP contribution in [0.3, 0.4) is 0 Å². The highest BCUT2D eigenvalue weighted by Gasteiger charge is 2.11. The molecule has 0 fully saturated rings. The molecule has 0 unspecified atom stereocenters. The average molecular weight is 371 g/mol. The molecule has 4 rings (SSSR count). The molecule has 142 valence electrons. The summed E-state index contributed by atoms with van der Waals surface area (Å²) in [5.74, 6) is 0. The van der Waals surface area contributed by atoms with Crippen LogP contribution >= 0.6 is 0 Å². The lowest BCUT2D eigenvalue weighted by Gasteiger charge is -2.06. The van der Waals surface area contributed by atoms with Gasteiger partial charge < -0.3 is 9.88 Å². The Hall–Kier alpha value is -3.18. The van der Waals surface area contributed by atoms with E-state index in [4.69, 9.17) is 5.10 Å². The van der Waals surface area contributed by atoms with Crippen LogP contribution in [0.25, 0.3) is 11.3 Å². The van der Waals surface area contributed by atoms with Gasteiger partial charge in [0, 0.05) is 42.8 Å². The molecule has 5 heteroatoms. The van der Waals surface area contributed by atoms with Gasteiger partial charge in [-0.05, 0) is 18.5 Å². The second-order valence-electron chi connectivity index (χ2n) is 6.88. The number of aryl methyl sites for hydroxylation is 1. The zero-order valence-electron chi connectivity index (χ0n) is 15.9. The topological polar surface area (TPSA) is 47.7 Å². The SMILES string of the molecule is c1ccc(Cn2cc(CNCCCn3ccnc3)c(-c3ccccc3)n2)cc1. The minimum Gasteiger partial charge on any atom is -0.337 e. The number of rotatable bonds is 9. The Morgan fingerprint density at radius 3 is 2.46 bits per heavy atom. The van der Waals surface area contributed by atoms with E-state index in [0.717, 1.165) is 43.9 Å². The smallest absolute Gasteiger partial charge is 0.0968 e. The maximum Gasteiger partial charge on any atom is 0.0968 e. The fourth-order valence-corrected chi connectivity index (χ4v) is 3.31. The third-order valence-electron chi connectivity index (χ3n) is 4.72. The van der Waals surface area contributed by atoms with Crippen molar-refractivity contribution in [2.75, 3.05) is 6.54 Å². The molecule has 0 saturated carbocycles. The molecule has 0 saturated heterocycles. The molecule has 2 heterocycles. The highest BCUT2D eigenvalue weighted by atomic mass is 15.3. The van der Waals surface area contributed by atoms with Gasteiger partial charge in [0.15, 0.2) is 0 Å². The van der Waals surface area contributed by atoms with E-state index in [1.54, 1.807) is 0 Å². The van der Waals surface area contributed by atoms with Gasteiger partial charge in [-0.15, -0.1) is 0 Å². The van der Waals surface area contributed by atoms with Gasteiger partial charge in [0.05, 0.1) is 18.6 Å². The van der Waals surface area contributed by atoms with Crippen LogP contribution in [0.5, 0.6) is 0 Å². The third-order valence-corrected chi connectivity index (χ3v) is 4.72. The van der Waals surface area contributed by atoms with E-state index >= 15 is 0 Å². The lowest BCUT2D eigenvalue weighted by atomic mass is 10.1. The van der Waals surface area contributed by atoms with Gasteiger partial charge in [-0.2, -0.15) is 5.10 Å². The van der Waals surface area contributed by atoms with Gasteiger partial charge in [-0.1, -0.05) is 60.7 Å². The summed E-state index contributed by atoms with van der Waals surface area (Å²) >= 11 is 0. The number of aromatic nitrogens is 4. The standard InChI is InChI=1S/C23H25N5/c1-3-8-20(9-4-1)17-28-18-22(23(26-28)21-10-5-2-6-11-21)16-24-12-7-14-27-15-13-25-19-27/h1-6,8-11,13,15,18-19,24H,7,12,14,16-17H2. The maximum absolute atomic E-state index is 4.88. The second-order valence-corrected chi connectivity index (χ2v) is 6.88. The van der Waals surface area contributed by atoms with Crippen molar-refractivity contribution >= 4 is 0 Å². The van der Waals surface area contributed by atoms with Gasteiger partial charge in [-0.25, -0.2) is 4.98 Å². The molecule has 0 radical (unpaired) electrons. The number of imidazole rings is 1. The quantitative estimate of drug-likeness (QED) is 0.453. The first kappa shape index (κ1) is 18.2. The summed E-state index contributed by atoms with van der Waals surface area (Å²) in [6.07, 6.45) is 8.91. The minimum atomic E-state index is 0.779. The maximum atomic E-state index is 4.88. The Morgan fingerprint density at radius 2 is 1.71 bits per heavy atom. The van der Waals surface area contributed by atoms with Crippen LogP contribution in [0, 0.1) is 0 Å². The lowest BCUT2D eigenvalue weighted by Crippen LogP contribution is -2.16. The van der Waals surface area contributed by atoms with Gasteiger partial charge in [0.25, 0.3) is 0 Å². The van der Waals surface area contributed by atoms with Crippen molar-refractivity contribution in [1.29, 1.82) is 0 Å². The van der Waals surface area contributed by atoms with Gasteiger partial charge in [0.1, 0.15) is 0 Å². The molecule has 0 aliphatic rings. The highest BCUT2D eigenvalue weighted by molar-refractivity contribution is 5.62. The van der Waals surface area contributed by atoms with Crippen LogP contribution in [0.2, 0.25) is 0 Å².